The van der Waals surface area contributed by atoms with Gasteiger partial charge >= 0.3 is 5.51 Å². The predicted molar refractivity (Wildman–Crippen MR) is 62.1 cm³/mol. The largest absolute Gasteiger partial charge is 0.446 e. The maximum atomic E-state index is 12.3. The van der Waals surface area contributed by atoms with E-state index in [1.54, 1.807) is 19.1 Å². The highest BCUT2D eigenvalue weighted by Crippen LogP contribution is 2.39. The number of hydrogen-bond donors (Lipinski definition) is 0. The van der Waals surface area contributed by atoms with Crippen LogP contribution >= 0.6 is 23.4 Å². The molecule has 0 saturated carbocycles. The zero-order valence-corrected chi connectivity index (χ0v) is 10.3. The Hall–Kier alpha value is -0.350. The summed E-state index contributed by atoms with van der Waals surface area (Å²) in [7, 11) is 0. The molecule has 0 saturated heterocycles. The molecule has 5 heteroatoms. The number of rotatable bonds is 4. The monoisotopic (exact) mass is 268 g/mol. The molecule has 0 aliphatic heterocycles. The van der Waals surface area contributed by atoms with Crippen molar-refractivity contribution >= 4 is 23.4 Å². The lowest BCUT2D eigenvalue weighted by atomic mass is 10.1. The average Bonchev–Trinajstić information content (AvgIpc) is 2.14. The topological polar surface area (TPSA) is 0 Å². The van der Waals surface area contributed by atoms with Crippen LogP contribution in [0, 0.1) is 6.92 Å². The molecule has 0 bridgehead atoms. The first kappa shape index (κ1) is 13.7. The van der Waals surface area contributed by atoms with Crippen molar-refractivity contribution in [3.05, 3.63) is 29.3 Å². The van der Waals surface area contributed by atoms with Crippen LogP contribution in [0.4, 0.5) is 13.2 Å². The van der Waals surface area contributed by atoms with Crippen LogP contribution in [0.2, 0.25) is 0 Å². The van der Waals surface area contributed by atoms with Gasteiger partial charge in [0.1, 0.15) is 0 Å². The molecular weight excluding hydrogens is 257 g/mol. The van der Waals surface area contributed by atoms with E-state index in [1.165, 1.54) is 0 Å². The molecule has 1 aromatic carbocycles. The molecule has 0 N–H and O–H groups in total. The van der Waals surface area contributed by atoms with Gasteiger partial charge in [0.05, 0.1) is 0 Å². The van der Waals surface area contributed by atoms with Crippen LogP contribution in [-0.4, -0.2) is 11.4 Å². The van der Waals surface area contributed by atoms with Crippen molar-refractivity contribution in [2.24, 2.45) is 0 Å². The zero-order chi connectivity index (χ0) is 12.2. The van der Waals surface area contributed by atoms with E-state index in [0.717, 1.165) is 5.56 Å². The summed E-state index contributed by atoms with van der Waals surface area (Å²) in [4.78, 5) is 0.289. The van der Waals surface area contributed by atoms with E-state index in [1.807, 2.05) is 6.07 Å². The molecule has 0 radical (unpaired) electrons. The van der Waals surface area contributed by atoms with Gasteiger partial charge in [-0.1, -0.05) is 12.1 Å². The quantitative estimate of drug-likeness (QED) is 0.559. The summed E-state index contributed by atoms with van der Waals surface area (Å²) in [6.07, 6.45) is 1.28. The summed E-state index contributed by atoms with van der Waals surface area (Å²) in [6.45, 7) is 1.78. The van der Waals surface area contributed by atoms with E-state index >= 15 is 0 Å². The summed E-state index contributed by atoms with van der Waals surface area (Å²) in [6, 6.07) is 5.14. The van der Waals surface area contributed by atoms with Crippen LogP contribution in [0.1, 0.15) is 17.5 Å². The number of benzene rings is 1. The molecule has 0 aliphatic rings. The Kier molecular flexibility index (Phi) is 4.99. The van der Waals surface area contributed by atoms with E-state index < -0.39 is 5.51 Å². The number of halogens is 4. The van der Waals surface area contributed by atoms with Gasteiger partial charge in [0, 0.05) is 10.8 Å². The normalized spacial score (nSPS) is 11.8. The lowest BCUT2D eigenvalue weighted by Crippen LogP contribution is -2.01. The highest BCUT2D eigenvalue weighted by molar-refractivity contribution is 8.00. The maximum Gasteiger partial charge on any atom is 0.446 e. The molecule has 0 heterocycles. The van der Waals surface area contributed by atoms with Crippen molar-refractivity contribution < 1.29 is 13.2 Å². The lowest BCUT2D eigenvalue weighted by Gasteiger charge is -2.11. The van der Waals surface area contributed by atoms with Crippen LogP contribution in [-0.2, 0) is 6.42 Å². The van der Waals surface area contributed by atoms with E-state index in [9.17, 15) is 13.2 Å². The molecule has 0 nitrogen and oxygen atoms in total. The zero-order valence-electron chi connectivity index (χ0n) is 8.77. The Bertz CT molecular complexity index is 350. The summed E-state index contributed by atoms with van der Waals surface area (Å²) in [5.41, 5.74) is -2.68. The summed E-state index contributed by atoms with van der Waals surface area (Å²) in [5.74, 6) is 0.462. The fourth-order valence-corrected chi connectivity index (χ4v) is 2.27. The van der Waals surface area contributed by atoms with Crippen molar-refractivity contribution in [3.63, 3.8) is 0 Å². The Morgan fingerprint density at radius 1 is 1.31 bits per heavy atom. The first-order valence-electron chi connectivity index (χ1n) is 4.83. The Morgan fingerprint density at radius 2 is 2.00 bits per heavy atom. The second kappa shape index (κ2) is 5.82. The molecule has 16 heavy (non-hydrogen) atoms. The van der Waals surface area contributed by atoms with E-state index in [0.29, 0.717) is 24.3 Å². The van der Waals surface area contributed by atoms with Crippen molar-refractivity contribution in [3.8, 4) is 0 Å². The summed E-state index contributed by atoms with van der Waals surface area (Å²) < 4.78 is 36.9. The van der Waals surface area contributed by atoms with Crippen molar-refractivity contribution in [1.29, 1.82) is 0 Å². The van der Waals surface area contributed by atoms with E-state index in [4.69, 9.17) is 11.6 Å². The highest BCUT2D eigenvalue weighted by Gasteiger charge is 2.30. The molecule has 0 unspecified atom stereocenters. The number of thioether (sulfide) groups is 1. The molecule has 1 aromatic rings. The lowest BCUT2D eigenvalue weighted by molar-refractivity contribution is -0.0328. The minimum atomic E-state index is -4.23. The van der Waals surface area contributed by atoms with Gasteiger partial charge in [-0.05, 0) is 48.7 Å². The number of alkyl halides is 4. The SMILES string of the molecule is Cc1ccc(CCCCl)c(SC(F)(F)F)c1. The summed E-state index contributed by atoms with van der Waals surface area (Å²) in [5, 5.41) is 0. The van der Waals surface area contributed by atoms with Gasteiger partial charge in [-0.2, -0.15) is 13.2 Å². The second-order valence-electron chi connectivity index (χ2n) is 3.45. The van der Waals surface area contributed by atoms with Gasteiger partial charge in [-0.3, -0.25) is 0 Å². The van der Waals surface area contributed by atoms with Gasteiger partial charge in [0.15, 0.2) is 0 Å². The Balaban J connectivity index is 2.89. The fraction of sp³-hybridized carbons (Fsp3) is 0.455. The third-order valence-corrected chi connectivity index (χ3v) is 3.13. The van der Waals surface area contributed by atoms with Gasteiger partial charge in [0.2, 0.25) is 0 Å². The molecule has 0 aromatic heterocycles. The van der Waals surface area contributed by atoms with E-state index in [-0.39, 0.29) is 16.7 Å². The van der Waals surface area contributed by atoms with Gasteiger partial charge < -0.3 is 0 Å². The van der Waals surface area contributed by atoms with E-state index in [2.05, 4.69) is 0 Å². The Labute approximate surface area is 102 Å². The molecule has 90 valence electrons. The Morgan fingerprint density at radius 3 is 2.56 bits per heavy atom. The van der Waals surface area contributed by atoms with Crippen LogP contribution in [0.15, 0.2) is 23.1 Å². The van der Waals surface area contributed by atoms with Crippen molar-refractivity contribution in [1.82, 2.24) is 0 Å². The number of aryl methyl sites for hydroxylation is 2. The fourth-order valence-electron chi connectivity index (χ4n) is 1.35. The average molecular weight is 269 g/mol. The standard InChI is InChI=1S/C11H12ClF3S/c1-8-4-5-9(3-2-6-12)10(7-8)16-11(13,14)15/h4-5,7H,2-3,6H2,1H3. The maximum absolute atomic E-state index is 12.3. The van der Waals surface area contributed by atoms with Crippen LogP contribution in [0.5, 0.6) is 0 Å². The minimum absolute atomic E-state index is 0.0511. The van der Waals surface area contributed by atoms with Crippen LogP contribution in [0.25, 0.3) is 0 Å². The highest BCUT2D eigenvalue weighted by atomic mass is 35.5. The molecule has 0 atom stereocenters. The van der Waals surface area contributed by atoms with Gasteiger partial charge in [-0.25, -0.2) is 0 Å². The summed E-state index contributed by atoms with van der Waals surface area (Å²) >= 11 is 5.49. The van der Waals surface area contributed by atoms with Gasteiger partial charge in [0.25, 0.3) is 0 Å². The third kappa shape index (κ3) is 4.66. The van der Waals surface area contributed by atoms with Crippen LogP contribution < -0.4 is 0 Å². The molecule has 1 rings (SSSR count). The molecule has 0 aliphatic carbocycles. The van der Waals surface area contributed by atoms with Crippen LogP contribution in [0.3, 0.4) is 0 Å². The van der Waals surface area contributed by atoms with Crippen molar-refractivity contribution in [2.45, 2.75) is 30.2 Å². The van der Waals surface area contributed by atoms with Gasteiger partial charge in [-0.15, -0.1) is 11.6 Å². The minimum Gasteiger partial charge on any atom is -0.160 e. The second-order valence-corrected chi connectivity index (χ2v) is 4.94. The molecule has 0 amide bonds. The number of hydrogen-bond acceptors (Lipinski definition) is 1. The first-order valence-corrected chi connectivity index (χ1v) is 6.19. The molecule has 0 spiro atoms. The molecular formula is C11H12ClF3S. The first-order chi connectivity index (χ1) is 7.42. The molecule has 0 fully saturated rings. The smallest absolute Gasteiger partial charge is 0.160 e. The predicted octanol–water partition coefficient (Wildman–Crippen LogP) is 4.78. The van der Waals surface area contributed by atoms with Crippen molar-refractivity contribution in [2.75, 3.05) is 5.88 Å². The third-order valence-electron chi connectivity index (χ3n) is 2.03.